The minimum atomic E-state index is -1.16. The van der Waals surface area contributed by atoms with Crippen molar-refractivity contribution in [2.24, 2.45) is 5.73 Å². The summed E-state index contributed by atoms with van der Waals surface area (Å²) in [7, 11) is 0. The van der Waals surface area contributed by atoms with E-state index in [4.69, 9.17) is 16.2 Å². The van der Waals surface area contributed by atoms with E-state index in [0.717, 1.165) is 37.2 Å². The lowest BCUT2D eigenvalue weighted by Gasteiger charge is -2.32. The molecular formula is C26H28FN5O4S. The van der Waals surface area contributed by atoms with Gasteiger partial charge < -0.3 is 21.5 Å². The summed E-state index contributed by atoms with van der Waals surface area (Å²) in [6.07, 6.45) is 3.67. The average molecular weight is 526 g/mol. The second kappa shape index (κ2) is 11.4. The fourth-order valence-corrected chi connectivity index (χ4v) is 5.15. The molecule has 0 aliphatic heterocycles. The van der Waals surface area contributed by atoms with Crippen LogP contribution in [-0.2, 0) is 4.79 Å². The van der Waals surface area contributed by atoms with Crippen LogP contribution in [0.5, 0.6) is 5.75 Å². The number of nitrogen functional groups attached to an aromatic ring is 1. The monoisotopic (exact) mass is 525 g/mol. The van der Waals surface area contributed by atoms with Crippen LogP contribution in [0, 0.1) is 5.82 Å². The third-order valence-electron chi connectivity index (χ3n) is 6.19. The molecule has 0 radical (unpaired) electrons. The third kappa shape index (κ3) is 5.72. The molecule has 5 N–H and O–H groups in total. The number of ether oxygens (including phenoxy) is 1. The normalized spacial score (nSPS) is 14.2. The molecule has 0 unspecified atom stereocenters. The number of amides is 3. The largest absolute Gasteiger partial charge is 0.494 e. The zero-order valence-electron chi connectivity index (χ0n) is 20.3. The molecule has 1 aromatic heterocycles. The van der Waals surface area contributed by atoms with Crippen molar-refractivity contribution in [3.8, 4) is 5.75 Å². The van der Waals surface area contributed by atoms with Gasteiger partial charge in [0.2, 0.25) is 5.91 Å². The van der Waals surface area contributed by atoms with Gasteiger partial charge in [-0.1, -0.05) is 25.0 Å². The van der Waals surface area contributed by atoms with Crippen molar-refractivity contribution >= 4 is 40.6 Å². The van der Waals surface area contributed by atoms with Gasteiger partial charge in [-0.2, -0.15) is 4.37 Å². The molecule has 0 saturated heterocycles. The number of nitrogens with two attached hydrogens (primary N) is 2. The summed E-state index contributed by atoms with van der Waals surface area (Å²) in [5, 5.41) is 3.05. The molecule has 0 bridgehead atoms. The number of nitrogens with zero attached hydrogens (tertiary/aromatic N) is 2. The van der Waals surface area contributed by atoms with Crippen molar-refractivity contribution in [1.29, 1.82) is 0 Å². The zero-order valence-corrected chi connectivity index (χ0v) is 21.1. The molecule has 37 heavy (non-hydrogen) atoms. The first-order valence-corrected chi connectivity index (χ1v) is 12.7. The molecule has 194 valence electrons. The summed E-state index contributed by atoms with van der Waals surface area (Å²) < 4.78 is 23.3. The van der Waals surface area contributed by atoms with Crippen LogP contribution in [0.15, 0.2) is 48.5 Å². The maximum atomic E-state index is 14.0. The Hall–Kier alpha value is -3.99. The number of anilines is 2. The van der Waals surface area contributed by atoms with Crippen LogP contribution in [0.3, 0.4) is 0 Å². The number of nitrogens with one attached hydrogen (secondary N) is 1. The predicted molar refractivity (Wildman–Crippen MR) is 139 cm³/mol. The van der Waals surface area contributed by atoms with E-state index in [1.807, 2.05) is 6.92 Å². The average Bonchev–Trinajstić information content (AvgIpc) is 3.53. The van der Waals surface area contributed by atoms with E-state index in [1.54, 1.807) is 24.3 Å². The van der Waals surface area contributed by atoms with Crippen molar-refractivity contribution in [3.63, 3.8) is 0 Å². The van der Waals surface area contributed by atoms with Crippen LogP contribution < -0.4 is 26.4 Å². The fraction of sp³-hybridized carbons (Fsp3) is 0.308. The van der Waals surface area contributed by atoms with Gasteiger partial charge in [0, 0.05) is 11.7 Å². The van der Waals surface area contributed by atoms with Crippen molar-refractivity contribution in [2.75, 3.05) is 17.2 Å². The summed E-state index contributed by atoms with van der Waals surface area (Å²) in [5.74, 6) is -1.83. The first-order chi connectivity index (χ1) is 17.8. The molecule has 3 aromatic rings. The summed E-state index contributed by atoms with van der Waals surface area (Å²) >= 11 is 0.723. The smallest absolute Gasteiger partial charge is 0.273 e. The van der Waals surface area contributed by atoms with Gasteiger partial charge in [-0.05, 0) is 73.3 Å². The number of carbonyl (C=O) groups is 3. The number of aromatic nitrogens is 1. The lowest BCUT2D eigenvalue weighted by Crippen LogP contribution is -2.46. The molecular weight excluding hydrogens is 497 g/mol. The van der Waals surface area contributed by atoms with E-state index in [9.17, 15) is 18.8 Å². The number of benzene rings is 2. The highest BCUT2D eigenvalue weighted by Gasteiger charge is 2.37. The molecule has 1 aliphatic carbocycles. The van der Waals surface area contributed by atoms with Crippen LogP contribution in [0.1, 0.15) is 64.4 Å². The van der Waals surface area contributed by atoms with Crippen LogP contribution in [-0.4, -0.2) is 34.7 Å². The Kier molecular flexibility index (Phi) is 8.02. The molecule has 11 heteroatoms. The van der Waals surface area contributed by atoms with Crippen LogP contribution >= 0.6 is 11.5 Å². The van der Waals surface area contributed by atoms with Gasteiger partial charge in [0.25, 0.3) is 11.8 Å². The van der Waals surface area contributed by atoms with E-state index in [1.165, 1.54) is 29.2 Å². The van der Waals surface area contributed by atoms with E-state index in [0.29, 0.717) is 23.6 Å². The Morgan fingerprint density at radius 3 is 2.35 bits per heavy atom. The Morgan fingerprint density at radius 2 is 1.78 bits per heavy atom. The summed E-state index contributed by atoms with van der Waals surface area (Å²) in [6, 6.07) is 10.9. The minimum Gasteiger partial charge on any atom is -0.494 e. The zero-order chi connectivity index (χ0) is 26.5. The SMILES string of the molecule is CCOc1ccc(N(C(=O)c2snc(C(N)=O)c2N)[C@@H](C(=O)NC2CCCC2)c2ccc(F)cc2)cc1. The molecule has 0 spiro atoms. The Bertz CT molecular complexity index is 1270. The van der Waals surface area contributed by atoms with E-state index in [-0.39, 0.29) is 22.3 Å². The van der Waals surface area contributed by atoms with Crippen LogP contribution in [0.4, 0.5) is 15.8 Å². The Morgan fingerprint density at radius 1 is 1.14 bits per heavy atom. The van der Waals surface area contributed by atoms with E-state index in [2.05, 4.69) is 9.69 Å². The van der Waals surface area contributed by atoms with Crippen molar-refractivity contribution < 1.29 is 23.5 Å². The molecule has 1 atom stereocenters. The number of primary amides is 1. The van der Waals surface area contributed by atoms with Gasteiger partial charge in [0.05, 0.1) is 12.3 Å². The van der Waals surface area contributed by atoms with Crippen LogP contribution in [0.2, 0.25) is 0 Å². The van der Waals surface area contributed by atoms with Gasteiger partial charge in [-0.15, -0.1) is 0 Å². The number of rotatable bonds is 9. The number of hydrogen-bond acceptors (Lipinski definition) is 7. The second-order valence-electron chi connectivity index (χ2n) is 8.68. The summed E-state index contributed by atoms with van der Waals surface area (Å²) in [6.45, 7) is 2.31. The number of hydrogen-bond donors (Lipinski definition) is 3. The molecule has 1 fully saturated rings. The van der Waals surface area contributed by atoms with E-state index < -0.39 is 29.6 Å². The molecule has 1 heterocycles. The molecule has 4 rings (SSSR count). The predicted octanol–water partition coefficient (Wildman–Crippen LogP) is 3.81. The summed E-state index contributed by atoms with van der Waals surface area (Å²) in [4.78, 5) is 40.8. The van der Waals surface area contributed by atoms with E-state index >= 15 is 0 Å². The molecule has 3 amide bonds. The standard InChI is InChI=1S/C26H28FN5O4S/c1-2-36-19-13-11-18(12-14-19)32(26(35)23-20(28)21(24(29)33)31-37-23)22(15-7-9-16(27)10-8-15)25(34)30-17-5-3-4-6-17/h7-14,17,22H,2-6,28H2,1H3,(H2,29,33)(H,30,34)/t22-/m1/s1. The molecule has 2 aromatic carbocycles. The summed E-state index contributed by atoms with van der Waals surface area (Å²) in [5.41, 5.74) is 11.8. The van der Waals surface area contributed by atoms with Gasteiger partial charge in [-0.25, -0.2) is 4.39 Å². The minimum absolute atomic E-state index is 0.0253. The molecule has 1 aliphatic rings. The van der Waals surface area contributed by atoms with Crippen molar-refractivity contribution in [1.82, 2.24) is 9.69 Å². The fourth-order valence-electron chi connectivity index (χ4n) is 4.40. The second-order valence-corrected chi connectivity index (χ2v) is 9.46. The van der Waals surface area contributed by atoms with Crippen molar-refractivity contribution in [3.05, 3.63) is 70.5 Å². The highest BCUT2D eigenvalue weighted by atomic mass is 32.1. The van der Waals surface area contributed by atoms with Gasteiger partial charge in [0.15, 0.2) is 5.69 Å². The van der Waals surface area contributed by atoms with Crippen molar-refractivity contribution in [2.45, 2.75) is 44.7 Å². The maximum absolute atomic E-state index is 14.0. The highest BCUT2D eigenvalue weighted by molar-refractivity contribution is 7.09. The lowest BCUT2D eigenvalue weighted by molar-refractivity contribution is -0.123. The first-order valence-electron chi connectivity index (χ1n) is 12.0. The van der Waals surface area contributed by atoms with Gasteiger partial charge in [0.1, 0.15) is 22.5 Å². The topological polar surface area (TPSA) is 141 Å². The van der Waals surface area contributed by atoms with Crippen LogP contribution in [0.25, 0.3) is 0 Å². The highest BCUT2D eigenvalue weighted by Crippen LogP contribution is 2.34. The molecule has 9 nitrogen and oxygen atoms in total. The number of carbonyl (C=O) groups excluding carboxylic acids is 3. The molecule has 1 saturated carbocycles. The van der Waals surface area contributed by atoms with Gasteiger partial charge in [-0.3, -0.25) is 19.3 Å². The Labute approximate surface area is 217 Å². The first kappa shape index (κ1) is 26.1. The van der Waals surface area contributed by atoms with Gasteiger partial charge >= 0.3 is 0 Å². The maximum Gasteiger partial charge on any atom is 0.273 e. The Balaban J connectivity index is 1.83. The quantitative estimate of drug-likeness (QED) is 0.388. The third-order valence-corrected chi connectivity index (χ3v) is 7.05. The lowest BCUT2D eigenvalue weighted by atomic mass is 10.0. The number of halogens is 1.